The van der Waals surface area contributed by atoms with E-state index in [4.69, 9.17) is 21.1 Å². The van der Waals surface area contributed by atoms with Gasteiger partial charge >= 0.3 is 6.09 Å². The summed E-state index contributed by atoms with van der Waals surface area (Å²) in [7, 11) is 1.51. The molecular weight excluding hydrogens is 296 g/mol. The molecule has 1 N–H and O–H groups in total. The zero-order valence-electron chi connectivity index (χ0n) is 11.9. The Morgan fingerprint density at radius 1 is 1.52 bits per heavy atom. The predicted octanol–water partition coefficient (Wildman–Crippen LogP) is 2.44. The summed E-state index contributed by atoms with van der Waals surface area (Å²) in [6.45, 7) is 3.08. The molecule has 0 radical (unpaired) electrons. The van der Waals surface area contributed by atoms with Crippen LogP contribution in [0.2, 0.25) is 5.02 Å². The zero-order chi connectivity index (χ0) is 15.4. The Labute approximate surface area is 128 Å². The molecule has 114 valence electrons. The molecule has 1 aromatic rings. The average molecular weight is 313 g/mol. The van der Waals surface area contributed by atoms with Gasteiger partial charge in [-0.3, -0.25) is 4.79 Å². The van der Waals surface area contributed by atoms with Gasteiger partial charge in [-0.2, -0.15) is 0 Å². The lowest BCUT2D eigenvalue weighted by Crippen LogP contribution is -2.28. The van der Waals surface area contributed by atoms with Crippen LogP contribution < -0.4 is 10.1 Å². The molecule has 7 heteroatoms. The van der Waals surface area contributed by atoms with Gasteiger partial charge < -0.3 is 19.7 Å². The van der Waals surface area contributed by atoms with Crippen molar-refractivity contribution in [3.8, 4) is 5.75 Å². The third-order valence-corrected chi connectivity index (χ3v) is 3.62. The van der Waals surface area contributed by atoms with Gasteiger partial charge in [0.05, 0.1) is 19.3 Å². The van der Waals surface area contributed by atoms with Crippen LogP contribution >= 0.6 is 11.6 Å². The highest BCUT2D eigenvalue weighted by molar-refractivity contribution is 6.31. The molecule has 0 atom stereocenters. The minimum atomic E-state index is -0.372. The highest BCUT2D eigenvalue weighted by Crippen LogP contribution is 2.30. The summed E-state index contributed by atoms with van der Waals surface area (Å²) in [6, 6.07) is 3.41. The van der Waals surface area contributed by atoms with Crippen LogP contribution in [0.25, 0.3) is 0 Å². The summed E-state index contributed by atoms with van der Waals surface area (Å²) >= 11 is 6.01. The Kier molecular flexibility index (Phi) is 4.90. The number of methoxy groups -OCH3 is 1. The van der Waals surface area contributed by atoms with E-state index in [0.717, 1.165) is 5.56 Å². The number of aryl methyl sites for hydroxylation is 1. The molecule has 0 aliphatic carbocycles. The topological polar surface area (TPSA) is 67.9 Å². The highest BCUT2D eigenvalue weighted by Gasteiger charge is 2.22. The SMILES string of the molecule is COc1cc(Cl)c(C)cc1NC(=O)CCN1CCOC1=O. The van der Waals surface area contributed by atoms with Gasteiger partial charge in [-0.25, -0.2) is 4.79 Å². The molecule has 0 unspecified atom stereocenters. The van der Waals surface area contributed by atoms with Crippen LogP contribution in [0, 0.1) is 6.92 Å². The fraction of sp³-hybridized carbons (Fsp3) is 0.429. The van der Waals surface area contributed by atoms with Crippen molar-refractivity contribution >= 4 is 29.3 Å². The smallest absolute Gasteiger partial charge is 0.409 e. The van der Waals surface area contributed by atoms with Gasteiger partial charge in [0.2, 0.25) is 5.91 Å². The molecule has 1 fully saturated rings. The molecule has 1 aromatic carbocycles. The standard InChI is InChI=1S/C14H17ClN2O4/c1-9-7-11(12(20-2)8-10(9)15)16-13(18)3-4-17-5-6-21-14(17)19/h7-8H,3-6H2,1-2H3,(H,16,18). The molecule has 0 spiro atoms. The Morgan fingerprint density at radius 3 is 2.90 bits per heavy atom. The molecule has 0 saturated carbocycles. The number of nitrogens with zero attached hydrogens (tertiary/aromatic N) is 1. The predicted molar refractivity (Wildman–Crippen MR) is 78.9 cm³/mol. The molecule has 1 heterocycles. The van der Waals surface area contributed by atoms with E-state index < -0.39 is 0 Å². The van der Waals surface area contributed by atoms with E-state index in [0.29, 0.717) is 36.2 Å². The van der Waals surface area contributed by atoms with Crippen LogP contribution in [0.3, 0.4) is 0 Å². The van der Waals surface area contributed by atoms with Crippen molar-refractivity contribution in [2.45, 2.75) is 13.3 Å². The number of amides is 2. The number of carbonyl (C=O) groups excluding carboxylic acids is 2. The monoisotopic (exact) mass is 312 g/mol. The number of anilines is 1. The molecule has 1 aliphatic rings. The van der Waals surface area contributed by atoms with Crippen LogP contribution in [0.15, 0.2) is 12.1 Å². The molecule has 0 bridgehead atoms. The summed E-state index contributed by atoms with van der Waals surface area (Å²) in [4.78, 5) is 24.7. The number of ether oxygens (including phenoxy) is 2. The van der Waals surface area contributed by atoms with E-state index in [1.807, 2.05) is 6.92 Å². The van der Waals surface area contributed by atoms with Gasteiger partial charge in [0, 0.05) is 24.1 Å². The summed E-state index contributed by atoms with van der Waals surface area (Å²) in [6.07, 6.45) is -0.178. The van der Waals surface area contributed by atoms with Crippen LogP contribution in [-0.2, 0) is 9.53 Å². The number of nitrogens with one attached hydrogen (secondary N) is 1. The van der Waals surface area contributed by atoms with Gasteiger partial charge in [-0.05, 0) is 18.6 Å². The lowest BCUT2D eigenvalue weighted by molar-refractivity contribution is -0.116. The van der Waals surface area contributed by atoms with E-state index in [1.165, 1.54) is 12.0 Å². The van der Waals surface area contributed by atoms with Crippen LogP contribution in [0.1, 0.15) is 12.0 Å². The van der Waals surface area contributed by atoms with E-state index in [9.17, 15) is 9.59 Å². The second-order valence-electron chi connectivity index (χ2n) is 4.70. The maximum atomic E-state index is 12.0. The van der Waals surface area contributed by atoms with Crippen molar-refractivity contribution in [3.05, 3.63) is 22.7 Å². The molecule has 1 aliphatic heterocycles. The van der Waals surface area contributed by atoms with Gasteiger partial charge in [-0.1, -0.05) is 11.6 Å². The molecule has 6 nitrogen and oxygen atoms in total. The molecule has 2 rings (SSSR count). The maximum absolute atomic E-state index is 12.0. The number of hydrogen-bond donors (Lipinski definition) is 1. The van der Waals surface area contributed by atoms with E-state index in [1.54, 1.807) is 12.1 Å². The first-order valence-corrected chi connectivity index (χ1v) is 6.94. The second kappa shape index (κ2) is 6.67. The molecular formula is C14H17ClN2O4. The number of benzene rings is 1. The summed E-state index contributed by atoms with van der Waals surface area (Å²) in [5.74, 6) is 0.300. The molecule has 2 amide bonds. The van der Waals surface area contributed by atoms with Gasteiger partial charge in [0.25, 0.3) is 0 Å². The van der Waals surface area contributed by atoms with Crippen molar-refractivity contribution in [2.75, 3.05) is 32.1 Å². The number of cyclic esters (lactones) is 1. The molecule has 1 saturated heterocycles. The molecule has 0 aromatic heterocycles. The summed E-state index contributed by atoms with van der Waals surface area (Å²) in [5.41, 5.74) is 1.41. The van der Waals surface area contributed by atoms with Crippen molar-refractivity contribution < 1.29 is 19.1 Å². The Hall–Kier alpha value is -1.95. The number of carbonyl (C=O) groups is 2. The van der Waals surface area contributed by atoms with Crippen molar-refractivity contribution in [1.82, 2.24) is 4.90 Å². The van der Waals surface area contributed by atoms with E-state index in [-0.39, 0.29) is 18.4 Å². The third-order valence-electron chi connectivity index (χ3n) is 3.21. The van der Waals surface area contributed by atoms with Crippen LogP contribution in [-0.4, -0.2) is 43.7 Å². The zero-order valence-corrected chi connectivity index (χ0v) is 12.7. The number of hydrogen-bond acceptors (Lipinski definition) is 4. The summed E-state index contributed by atoms with van der Waals surface area (Å²) in [5, 5.41) is 3.34. The lowest BCUT2D eigenvalue weighted by atomic mass is 10.2. The normalized spacial score (nSPS) is 14.0. The van der Waals surface area contributed by atoms with Crippen molar-refractivity contribution in [1.29, 1.82) is 0 Å². The quantitative estimate of drug-likeness (QED) is 0.906. The van der Waals surface area contributed by atoms with E-state index in [2.05, 4.69) is 5.32 Å². The average Bonchev–Trinajstić information content (AvgIpc) is 2.86. The second-order valence-corrected chi connectivity index (χ2v) is 5.11. The fourth-order valence-electron chi connectivity index (χ4n) is 2.01. The first-order valence-electron chi connectivity index (χ1n) is 6.57. The highest BCUT2D eigenvalue weighted by atomic mass is 35.5. The van der Waals surface area contributed by atoms with Crippen molar-refractivity contribution in [3.63, 3.8) is 0 Å². The number of rotatable bonds is 5. The minimum Gasteiger partial charge on any atom is -0.495 e. The minimum absolute atomic E-state index is 0.194. The summed E-state index contributed by atoms with van der Waals surface area (Å²) < 4.78 is 10.00. The first-order chi connectivity index (χ1) is 10.0. The van der Waals surface area contributed by atoms with Gasteiger partial charge in [-0.15, -0.1) is 0 Å². The van der Waals surface area contributed by atoms with Gasteiger partial charge in [0.1, 0.15) is 12.4 Å². The largest absolute Gasteiger partial charge is 0.495 e. The third kappa shape index (κ3) is 3.78. The van der Waals surface area contributed by atoms with Crippen molar-refractivity contribution in [2.24, 2.45) is 0 Å². The Bertz CT molecular complexity index is 562. The van der Waals surface area contributed by atoms with Crippen LogP contribution in [0.5, 0.6) is 5.75 Å². The fourth-order valence-corrected chi connectivity index (χ4v) is 2.16. The maximum Gasteiger partial charge on any atom is 0.409 e. The lowest BCUT2D eigenvalue weighted by Gasteiger charge is -2.14. The molecule has 21 heavy (non-hydrogen) atoms. The Morgan fingerprint density at radius 2 is 2.29 bits per heavy atom. The van der Waals surface area contributed by atoms with E-state index >= 15 is 0 Å². The number of halogens is 1. The first kappa shape index (κ1) is 15.4. The van der Waals surface area contributed by atoms with Crippen LogP contribution in [0.4, 0.5) is 10.5 Å². The Balaban J connectivity index is 1.96. The van der Waals surface area contributed by atoms with Gasteiger partial charge in [0.15, 0.2) is 0 Å².